The zero-order chi connectivity index (χ0) is 14.4. The van der Waals surface area contributed by atoms with E-state index in [1.807, 2.05) is 30.4 Å². The van der Waals surface area contributed by atoms with Crippen LogP contribution in [0.4, 0.5) is 5.69 Å². The van der Waals surface area contributed by atoms with Crippen LogP contribution in [0.2, 0.25) is 0 Å². The Morgan fingerprint density at radius 1 is 1.40 bits per heavy atom. The van der Waals surface area contributed by atoms with Crippen molar-refractivity contribution in [3.63, 3.8) is 0 Å². The third-order valence-corrected chi connectivity index (χ3v) is 2.95. The average Bonchev–Trinajstić information content (AvgIpc) is 3.00. The highest BCUT2D eigenvalue weighted by Crippen LogP contribution is 2.09. The summed E-state index contributed by atoms with van der Waals surface area (Å²) in [6, 6.07) is 12.6. The van der Waals surface area contributed by atoms with Crippen LogP contribution in [0.25, 0.3) is 0 Å². The molecule has 1 heterocycles. The second-order valence-corrected chi connectivity index (χ2v) is 4.48. The number of hydrogen-bond acceptors (Lipinski definition) is 3. The van der Waals surface area contributed by atoms with E-state index in [4.69, 9.17) is 9.68 Å². The van der Waals surface area contributed by atoms with Crippen molar-refractivity contribution in [3.05, 3.63) is 54.0 Å². The zero-order valence-corrected chi connectivity index (χ0v) is 11.2. The molecule has 1 atom stereocenters. The number of anilines is 1. The van der Waals surface area contributed by atoms with Gasteiger partial charge in [0.15, 0.2) is 12.3 Å². The number of nitrogens with one attached hydrogen (secondary N) is 1. The molecule has 0 bridgehead atoms. The standard InChI is InChI=1S/C15H15N3O2/c1-11(14-3-2-8-20-14)17-10-15(19)18-13-6-4-12(9-16)5-7-13/h2-8,11,17H,10H2,1H3,(H,18,19)/p+1/t11-/m1/s1. The van der Waals surface area contributed by atoms with Crippen LogP contribution in [0.3, 0.4) is 0 Å². The highest BCUT2D eigenvalue weighted by Gasteiger charge is 2.13. The zero-order valence-electron chi connectivity index (χ0n) is 11.2. The lowest BCUT2D eigenvalue weighted by Crippen LogP contribution is -2.86. The maximum Gasteiger partial charge on any atom is 0.279 e. The first-order valence-electron chi connectivity index (χ1n) is 6.36. The molecule has 0 unspecified atom stereocenters. The Labute approximate surface area is 117 Å². The molecule has 0 radical (unpaired) electrons. The summed E-state index contributed by atoms with van der Waals surface area (Å²) >= 11 is 0. The van der Waals surface area contributed by atoms with E-state index in [1.54, 1.807) is 30.5 Å². The first-order valence-corrected chi connectivity index (χ1v) is 6.36. The molecule has 0 aliphatic rings. The molecule has 1 aromatic carbocycles. The molecule has 102 valence electrons. The highest BCUT2D eigenvalue weighted by molar-refractivity contribution is 5.91. The minimum absolute atomic E-state index is 0.0897. The molecule has 5 heteroatoms. The molecule has 0 saturated heterocycles. The molecular weight excluding hydrogens is 254 g/mol. The molecule has 2 rings (SSSR count). The van der Waals surface area contributed by atoms with Gasteiger partial charge in [0, 0.05) is 5.69 Å². The number of carbonyl (C=O) groups is 1. The fourth-order valence-electron chi connectivity index (χ4n) is 1.79. The van der Waals surface area contributed by atoms with Gasteiger partial charge in [-0.25, -0.2) is 0 Å². The number of carbonyl (C=O) groups excluding carboxylic acids is 1. The van der Waals surface area contributed by atoms with Crippen molar-refractivity contribution in [1.82, 2.24) is 0 Å². The van der Waals surface area contributed by atoms with Gasteiger partial charge in [-0.2, -0.15) is 5.26 Å². The van der Waals surface area contributed by atoms with Gasteiger partial charge in [-0.1, -0.05) is 0 Å². The smallest absolute Gasteiger partial charge is 0.279 e. The summed E-state index contributed by atoms with van der Waals surface area (Å²) in [4.78, 5) is 11.8. The number of nitrogens with zero attached hydrogens (tertiary/aromatic N) is 1. The van der Waals surface area contributed by atoms with Gasteiger partial charge in [0.2, 0.25) is 0 Å². The van der Waals surface area contributed by atoms with E-state index in [2.05, 4.69) is 5.32 Å². The van der Waals surface area contributed by atoms with Crippen molar-refractivity contribution >= 4 is 11.6 Å². The largest absolute Gasteiger partial charge is 0.463 e. The fraction of sp³-hybridized carbons (Fsp3) is 0.200. The molecule has 0 saturated carbocycles. The van der Waals surface area contributed by atoms with E-state index >= 15 is 0 Å². The van der Waals surface area contributed by atoms with Crippen LogP contribution >= 0.6 is 0 Å². The molecule has 3 N–H and O–H groups in total. The van der Waals surface area contributed by atoms with E-state index < -0.39 is 0 Å². The number of furan rings is 1. The quantitative estimate of drug-likeness (QED) is 0.861. The van der Waals surface area contributed by atoms with Crippen LogP contribution in [0.1, 0.15) is 24.3 Å². The van der Waals surface area contributed by atoms with Gasteiger partial charge in [0.05, 0.1) is 17.9 Å². The minimum Gasteiger partial charge on any atom is -0.463 e. The van der Waals surface area contributed by atoms with Crippen LogP contribution in [0.5, 0.6) is 0 Å². The second-order valence-electron chi connectivity index (χ2n) is 4.48. The Morgan fingerprint density at radius 2 is 2.15 bits per heavy atom. The SMILES string of the molecule is C[C@@H]([NH2+]CC(=O)Nc1ccc(C#N)cc1)c1ccco1. The van der Waals surface area contributed by atoms with Crippen LogP contribution in [0.15, 0.2) is 47.1 Å². The summed E-state index contributed by atoms with van der Waals surface area (Å²) in [5, 5.41) is 13.4. The van der Waals surface area contributed by atoms with E-state index in [9.17, 15) is 4.79 Å². The molecule has 0 aliphatic carbocycles. The maximum atomic E-state index is 11.8. The second kappa shape index (κ2) is 6.55. The maximum absolute atomic E-state index is 11.8. The van der Waals surface area contributed by atoms with Gasteiger partial charge in [0.25, 0.3) is 5.91 Å². The van der Waals surface area contributed by atoms with Crippen molar-refractivity contribution < 1.29 is 14.5 Å². The minimum atomic E-state index is -0.0897. The van der Waals surface area contributed by atoms with Gasteiger partial charge >= 0.3 is 0 Å². The average molecular weight is 270 g/mol. The summed E-state index contributed by atoms with van der Waals surface area (Å²) in [6.07, 6.45) is 1.62. The summed E-state index contributed by atoms with van der Waals surface area (Å²) < 4.78 is 5.28. The number of nitriles is 1. The third-order valence-electron chi connectivity index (χ3n) is 2.95. The number of amides is 1. The topological polar surface area (TPSA) is 82.6 Å². The Kier molecular flexibility index (Phi) is 4.53. The van der Waals surface area contributed by atoms with Gasteiger partial charge in [-0.05, 0) is 43.3 Å². The molecular formula is C15H16N3O2+. The molecule has 2 aromatic rings. The van der Waals surface area contributed by atoms with Crippen LogP contribution in [0, 0.1) is 11.3 Å². The van der Waals surface area contributed by atoms with Crippen molar-refractivity contribution in [3.8, 4) is 6.07 Å². The summed E-state index contributed by atoms with van der Waals surface area (Å²) in [7, 11) is 0. The van der Waals surface area contributed by atoms with Gasteiger partial charge < -0.3 is 15.1 Å². The van der Waals surface area contributed by atoms with Crippen molar-refractivity contribution in [2.45, 2.75) is 13.0 Å². The Morgan fingerprint density at radius 3 is 2.75 bits per heavy atom. The Bertz CT molecular complexity index is 597. The number of benzene rings is 1. The lowest BCUT2D eigenvalue weighted by atomic mass is 10.2. The molecule has 1 aromatic heterocycles. The molecule has 1 amide bonds. The summed E-state index contributed by atoms with van der Waals surface area (Å²) in [5.74, 6) is 0.754. The van der Waals surface area contributed by atoms with E-state index in [0.717, 1.165) is 5.76 Å². The number of nitrogens with two attached hydrogens (primary N) is 1. The van der Waals surface area contributed by atoms with Gasteiger partial charge in [-0.3, -0.25) is 4.79 Å². The summed E-state index contributed by atoms with van der Waals surface area (Å²) in [6.45, 7) is 2.29. The Balaban J connectivity index is 1.82. The lowest BCUT2D eigenvalue weighted by molar-refractivity contribution is -0.684. The number of quaternary nitrogens is 1. The fourth-order valence-corrected chi connectivity index (χ4v) is 1.79. The molecule has 20 heavy (non-hydrogen) atoms. The van der Waals surface area contributed by atoms with Crippen LogP contribution in [-0.2, 0) is 4.79 Å². The first-order chi connectivity index (χ1) is 9.69. The van der Waals surface area contributed by atoms with Crippen molar-refractivity contribution in [2.75, 3.05) is 11.9 Å². The predicted octanol–water partition coefficient (Wildman–Crippen LogP) is 1.41. The van der Waals surface area contributed by atoms with Crippen LogP contribution < -0.4 is 10.6 Å². The molecule has 5 nitrogen and oxygen atoms in total. The lowest BCUT2D eigenvalue weighted by Gasteiger charge is -2.08. The van der Waals surface area contributed by atoms with Gasteiger partial charge in [0.1, 0.15) is 6.04 Å². The monoisotopic (exact) mass is 270 g/mol. The highest BCUT2D eigenvalue weighted by atomic mass is 16.3. The number of rotatable bonds is 5. The summed E-state index contributed by atoms with van der Waals surface area (Å²) in [5.41, 5.74) is 1.26. The molecule has 0 spiro atoms. The Hall–Kier alpha value is -2.58. The van der Waals surface area contributed by atoms with E-state index in [0.29, 0.717) is 17.8 Å². The predicted molar refractivity (Wildman–Crippen MR) is 73.7 cm³/mol. The van der Waals surface area contributed by atoms with Gasteiger partial charge in [-0.15, -0.1) is 0 Å². The van der Waals surface area contributed by atoms with E-state index in [1.165, 1.54) is 0 Å². The first kappa shape index (κ1) is 13.8. The number of hydrogen-bond donors (Lipinski definition) is 2. The van der Waals surface area contributed by atoms with Crippen molar-refractivity contribution in [2.24, 2.45) is 0 Å². The van der Waals surface area contributed by atoms with Crippen molar-refractivity contribution in [1.29, 1.82) is 5.26 Å². The molecule has 0 fully saturated rings. The normalized spacial score (nSPS) is 11.6. The third kappa shape index (κ3) is 3.70. The van der Waals surface area contributed by atoms with Crippen LogP contribution in [-0.4, -0.2) is 12.5 Å². The molecule has 0 aliphatic heterocycles. The van der Waals surface area contributed by atoms with E-state index in [-0.39, 0.29) is 11.9 Å².